The maximum absolute atomic E-state index is 12.0. The van der Waals surface area contributed by atoms with Gasteiger partial charge in [-0.05, 0) is 35.9 Å². The molecule has 0 aliphatic carbocycles. The molecule has 0 atom stereocenters. The van der Waals surface area contributed by atoms with E-state index in [0.29, 0.717) is 17.1 Å². The highest BCUT2D eigenvalue weighted by Crippen LogP contribution is 2.11. The van der Waals surface area contributed by atoms with Crippen molar-refractivity contribution < 1.29 is 9.53 Å². The smallest absolute Gasteiger partial charge is 0.251 e. The third kappa shape index (κ3) is 4.03. The third-order valence-electron chi connectivity index (χ3n) is 3.02. The van der Waals surface area contributed by atoms with Gasteiger partial charge in [0.25, 0.3) is 5.91 Å². The van der Waals surface area contributed by atoms with Gasteiger partial charge in [-0.2, -0.15) is 0 Å². The number of benzene rings is 2. The highest BCUT2D eigenvalue weighted by Gasteiger charge is 2.06. The first-order chi connectivity index (χ1) is 10.1. The molecule has 0 spiro atoms. The van der Waals surface area contributed by atoms with E-state index < -0.39 is 0 Å². The molecule has 0 saturated heterocycles. The van der Waals surface area contributed by atoms with Gasteiger partial charge in [0.1, 0.15) is 10.7 Å². The number of hydrogen-bond donors (Lipinski definition) is 2. The highest BCUT2D eigenvalue weighted by molar-refractivity contribution is 7.80. The maximum Gasteiger partial charge on any atom is 0.251 e. The summed E-state index contributed by atoms with van der Waals surface area (Å²) in [5.74, 6) is 0.578. The zero-order valence-electron chi connectivity index (χ0n) is 11.6. The Labute approximate surface area is 128 Å². The number of methoxy groups -OCH3 is 1. The summed E-state index contributed by atoms with van der Waals surface area (Å²) in [6, 6.07) is 14.4. The van der Waals surface area contributed by atoms with Crippen molar-refractivity contribution in [1.82, 2.24) is 5.32 Å². The zero-order chi connectivity index (χ0) is 15.2. The second-order valence-corrected chi connectivity index (χ2v) is 4.92. The molecule has 0 aromatic heterocycles. The van der Waals surface area contributed by atoms with Crippen LogP contribution in [0.3, 0.4) is 0 Å². The first-order valence-electron chi connectivity index (χ1n) is 6.41. The van der Waals surface area contributed by atoms with Gasteiger partial charge in [0.05, 0.1) is 7.11 Å². The standard InChI is InChI=1S/C16H16N2O2S/c1-20-14-7-5-12(6-8-14)16(19)18-10-11-3-2-4-13(9-11)15(17)21/h2-9H,10H2,1H3,(H2,17,21)(H,18,19). The molecular formula is C16H16N2O2S. The van der Waals surface area contributed by atoms with E-state index in [4.69, 9.17) is 22.7 Å². The lowest BCUT2D eigenvalue weighted by atomic mass is 10.1. The number of thiocarbonyl (C=S) groups is 1. The topological polar surface area (TPSA) is 64.3 Å². The quantitative estimate of drug-likeness (QED) is 0.831. The molecular weight excluding hydrogens is 284 g/mol. The Hall–Kier alpha value is -2.40. The van der Waals surface area contributed by atoms with E-state index in [-0.39, 0.29) is 5.91 Å². The maximum atomic E-state index is 12.0. The molecule has 0 unspecified atom stereocenters. The Bertz CT molecular complexity index is 654. The minimum absolute atomic E-state index is 0.140. The fraction of sp³-hybridized carbons (Fsp3) is 0.125. The SMILES string of the molecule is COc1ccc(C(=O)NCc2cccc(C(N)=S)c2)cc1. The van der Waals surface area contributed by atoms with Crippen LogP contribution < -0.4 is 15.8 Å². The van der Waals surface area contributed by atoms with E-state index in [0.717, 1.165) is 16.9 Å². The minimum Gasteiger partial charge on any atom is -0.497 e. The van der Waals surface area contributed by atoms with Crippen molar-refractivity contribution in [3.63, 3.8) is 0 Å². The largest absolute Gasteiger partial charge is 0.497 e. The summed E-state index contributed by atoms with van der Waals surface area (Å²) in [5, 5.41) is 2.86. The Kier molecular flexibility index (Phi) is 4.90. The number of nitrogens with two attached hydrogens (primary N) is 1. The lowest BCUT2D eigenvalue weighted by Gasteiger charge is -2.07. The second kappa shape index (κ2) is 6.85. The summed E-state index contributed by atoms with van der Waals surface area (Å²) in [5.41, 5.74) is 7.91. The number of rotatable bonds is 5. The normalized spacial score (nSPS) is 9.95. The van der Waals surface area contributed by atoms with Crippen LogP contribution in [-0.2, 0) is 6.54 Å². The summed E-state index contributed by atoms with van der Waals surface area (Å²) in [6.45, 7) is 0.418. The molecule has 5 heteroatoms. The lowest BCUT2D eigenvalue weighted by molar-refractivity contribution is 0.0951. The fourth-order valence-electron chi connectivity index (χ4n) is 1.86. The molecule has 4 nitrogen and oxygen atoms in total. The first-order valence-corrected chi connectivity index (χ1v) is 6.82. The number of hydrogen-bond acceptors (Lipinski definition) is 3. The van der Waals surface area contributed by atoms with Crippen LogP contribution in [0.4, 0.5) is 0 Å². The second-order valence-electron chi connectivity index (χ2n) is 4.48. The van der Waals surface area contributed by atoms with Crippen LogP contribution in [0.2, 0.25) is 0 Å². The van der Waals surface area contributed by atoms with Crippen molar-refractivity contribution in [2.45, 2.75) is 6.54 Å². The van der Waals surface area contributed by atoms with E-state index in [1.54, 1.807) is 31.4 Å². The van der Waals surface area contributed by atoms with Gasteiger partial charge >= 0.3 is 0 Å². The number of nitrogens with one attached hydrogen (secondary N) is 1. The fourth-order valence-corrected chi connectivity index (χ4v) is 1.99. The van der Waals surface area contributed by atoms with Crippen molar-refractivity contribution in [3.05, 3.63) is 65.2 Å². The summed E-state index contributed by atoms with van der Waals surface area (Å²) in [6.07, 6.45) is 0. The van der Waals surface area contributed by atoms with Crippen molar-refractivity contribution >= 4 is 23.1 Å². The van der Waals surface area contributed by atoms with Crippen LogP contribution in [-0.4, -0.2) is 18.0 Å². The van der Waals surface area contributed by atoms with Crippen molar-refractivity contribution in [3.8, 4) is 5.75 Å². The minimum atomic E-state index is -0.140. The number of carbonyl (C=O) groups excluding carboxylic acids is 1. The predicted molar refractivity (Wildman–Crippen MR) is 86.5 cm³/mol. The van der Waals surface area contributed by atoms with Crippen LogP contribution in [0.5, 0.6) is 5.75 Å². The van der Waals surface area contributed by atoms with Crippen LogP contribution in [0, 0.1) is 0 Å². The van der Waals surface area contributed by atoms with Crippen molar-refractivity contribution in [2.75, 3.05) is 7.11 Å². The highest BCUT2D eigenvalue weighted by atomic mass is 32.1. The molecule has 0 aliphatic heterocycles. The molecule has 0 bridgehead atoms. The van der Waals surface area contributed by atoms with Crippen LogP contribution in [0.1, 0.15) is 21.5 Å². The van der Waals surface area contributed by atoms with Gasteiger partial charge in [0, 0.05) is 17.7 Å². The van der Waals surface area contributed by atoms with E-state index >= 15 is 0 Å². The van der Waals surface area contributed by atoms with Crippen LogP contribution in [0.25, 0.3) is 0 Å². The molecule has 0 aliphatic rings. The molecule has 0 radical (unpaired) electrons. The number of amides is 1. The van der Waals surface area contributed by atoms with E-state index in [1.165, 1.54) is 0 Å². The van der Waals surface area contributed by atoms with Gasteiger partial charge in [-0.3, -0.25) is 4.79 Å². The summed E-state index contributed by atoms with van der Waals surface area (Å²) >= 11 is 4.94. The average molecular weight is 300 g/mol. The Morgan fingerprint density at radius 3 is 2.52 bits per heavy atom. The number of ether oxygens (including phenoxy) is 1. The van der Waals surface area contributed by atoms with Gasteiger partial charge in [0.2, 0.25) is 0 Å². The van der Waals surface area contributed by atoms with Gasteiger partial charge in [0.15, 0.2) is 0 Å². The summed E-state index contributed by atoms with van der Waals surface area (Å²) < 4.78 is 5.06. The summed E-state index contributed by atoms with van der Waals surface area (Å²) in [4.78, 5) is 12.4. The molecule has 0 fully saturated rings. The van der Waals surface area contributed by atoms with Gasteiger partial charge in [-0.15, -0.1) is 0 Å². The lowest BCUT2D eigenvalue weighted by Crippen LogP contribution is -2.23. The van der Waals surface area contributed by atoms with Gasteiger partial charge in [-0.1, -0.05) is 30.4 Å². The van der Waals surface area contributed by atoms with E-state index in [1.807, 2.05) is 24.3 Å². The molecule has 2 rings (SSSR count). The molecule has 0 saturated carbocycles. The van der Waals surface area contributed by atoms with Crippen molar-refractivity contribution in [1.29, 1.82) is 0 Å². The zero-order valence-corrected chi connectivity index (χ0v) is 12.4. The average Bonchev–Trinajstić information content (AvgIpc) is 2.53. The molecule has 1 amide bonds. The predicted octanol–water partition coefficient (Wildman–Crippen LogP) is 2.26. The summed E-state index contributed by atoms with van der Waals surface area (Å²) in [7, 11) is 1.59. The third-order valence-corrected chi connectivity index (χ3v) is 3.25. The molecule has 2 aromatic carbocycles. The van der Waals surface area contributed by atoms with E-state index in [2.05, 4.69) is 5.32 Å². The van der Waals surface area contributed by atoms with Crippen LogP contribution in [0.15, 0.2) is 48.5 Å². The molecule has 21 heavy (non-hydrogen) atoms. The molecule has 108 valence electrons. The molecule has 0 heterocycles. The first kappa shape index (κ1) is 15.0. The van der Waals surface area contributed by atoms with Crippen LogP contribution >= 0.6 is 12.2 Å². The molecule has 2 aromatic rings. The Morgan fingerprint density at radius 2 is 1.90 bits per heavy atom. The molecule has 3 N–H and O–H groups in total. The van der Waals surface area contributed by atoms with Gasteiger partial charge in [-0.25, -0.2) is 0 Å². The van der Waals surface area contributed by atoms with Crippen molar-refractivity contribution in [2.24, 2.45) is 5.73 Å². The Balaban J connectivity index is 2.00. The van der Waals surface area contributed by atoms with E-state index in [9.17, 15) is 4.79 Å². The monoisotopic (exact) mass is 300 g/mol. The van der Waals surface area contributed by atoms with Gasteiger partial charge < -0.3 is 15.8 Å². The Morgan fingerprint density at radius 1 is 1.19 bits per heavy atom. The number of carbonyl (C=O) groups is 1.